The quantitative estimate of drug-likeness (QED) is 0.555. The SMILES string of the molecule is CCCOC(=O)C1C(C)CCCC(C)C1C(=O)OCCC. The molecule has 0 spiro atoms. The van der Waals surface area contributed by atoms with Crippen LogP contribution in [0.5, 0.6) is 0 Å². The summed E-state index contributed by atoms with van der Waals surface area (Å²) in [4.78, 5) is 24.8. The third-order valence-corrected chi connectivity index (χ3v) is 4.37. The predicted octanol–water partition coefficient (Wildman–Crippen LogP) is 3.58. The minimum Gasteiger partial charge on any atom is -0.465 e. The highest BCUT2D eigenvalue weighted by Crippen LogP contribution is 2.38. The van der Waals surface area contributed by atoms with Crippen LogP contribution in [0.25, 0.3) is 0 Å². The summed E-state index contributed by atoms with van der Waals surface area (Å²) in [5.74, 6) is -0.845. The zero-order valence-corrected chi connectivity index (χ0v) is 13.9. The van der Waals surface area contributed by atoms with Crippen LogP contribution < -0.4 is 0 Å². The van der Waals surface area contributed by atoms with Crippen molar-refractivity contribution in [2.45, 2.75) is 59.8 Å². The number of carbonyl (C=O) groups excluding carboxylic acids is 2. The van der Waals surface area contributed by atoms with E-state index < -0.39 is 0 Å². The Morgan fingerprint density at radius 2 is 1.24 bits per heavy atom. The van der Waals surface area contributed by atoms with Gasteiger partial charge >= 0.3 is 11.9 Å². The topological polar surface area (TPSA) is 52.6 Å². The van der Waals surface area contributed by atoms with Gasteiger partial charge in [0.2, 0.25) is 0 Å². The van der Waals surface area contributed by atoms with Crippen molar-refractivity contribution < 1.29 is 19.1 Å². The first-order chi connectivity index (χ1) is 10.0. The Kier molecular flexibility index (Phi) is 7.76. The molecule has 1 aliphatic rings. The fraction of sp³-hybridized carbons (Fsp3) is 0.882. The Morgan fingerprint density at radius 3 is 1.57 bits per heavy atom. The van der Waals surface area contributed by atoms with Crippen LogP contribution in [0.2, 0.25) is 0 Å². The van der Waals surface area contributed by atoms with Crippen molar-refractivity contribution in [3.05, 3.63) is 0 Å². The van der Waals surface area contributed by atoms with Gasteiger partial charge in [-0.2, -0.15) is 0 Å². The lowest BCUT2D eigenvalue weighted by atomic mass is 9.77. The standard InChI is InChI=1S/C17H30O4/c1-5-10-20-16(18)14-12(3)8-7-9-13(4)15(14)17(19)21-11-6-2/h12-15H,5-11H2,1-4H3. The number of rotatable bonds is 6. The van der Waals surface area contributed by atoms with Crippen molar-refractivity contribution in [3.63, 3.8) is 0 Å². The molecule has 0 amide bonds. The molecule has 21 heavy (non-hydrogen) atoms. The van der Waals surface area contributed by atoms with Gasteiger partial charge in [-0.05, 0) is 37.5 Å². The molecule has 4 nitrogen and oxygen atoms in total. The summed E-state index contributed by atoms with van der Waals surface area (Å²) < 4.78 is 10.7. The van der Waals surface area contributed by atoms with Gasteiger partial charge in [0.15, 0.2) is 0 Å². The van der Waals surface area contributed by atoms with Gasteiger partial charge in [-0.3, -0.25) is 9.59 Å². The van der Waals surface area contributed by atoms with Gasteiger partial charge in [-0.1, -0.05) is 34.1 Å². The van der Waals surface area contributed by atoms with Crippen LogP contribution in [0, 0.1) is 23.7 Å². The number of hydrogen-bond acceptors (Lipinski definition) is 4. The van der Waals surface area contributed by atoms with E-state index in [-0.39, 0.29) is 35.6 Å². The molecule has 0 aromatic rings. The molecule has 0 aromatic carbocycles. The number of ether oxygens (including phenoxy) is 2. The van der Waals surface area contributed by atoms with E-state index >= 15 is 0 Å². The number of carbonyl (C=O) groups is 2. The second kappa shape index (κ2) is 9.06. The average Bonchev–Trinajstić information content (AvgIpc) is 2.61. The molecule has 1 rings (SSSR count). The maximum atomic E-state index is 12.4. The van der Waals surface area contributed by atoms with Crippen molar-refractivity contribution in [3.8, 4) is 0 Å². The second-order valence-corrected chi connectivity index (χ2v) is 6.27. The normalized spacial score (nSPS) is 29.5. The minimum atomic E-state index is -0.363. The van der Waals surface area contributed by atoms with Crippen molar-refractivity contribution in [1.82, 2.24) is 0 Å². The van der Waals surface area contributed by atoms with Crippen LogP contribution in [0.1, 0.15) is 59.8 Å². The van der Waals surface area contributed by atoms with E-state index in [0.29, 0.717) is 13.2 Å². The zero-order chi connectivity index (χ0) is 15.8. The second-order valence-electron chi connectivity index (χ2n) is 6.27. The van der Waals surface area contributed by atoms with Crippen molar-refractivity contribution in [2.75, 3.05) is 13.2 Å². The van der Waals surface area contributed by atoms with Crippen LogP contribution in [0.15, 0.2) is 0 Å². The summed E-state index contributed by atoms with van der Waals surface area (Å²) in [6.07, 6.45) is 4.58. The van der Waals surface area contributed by atoms with Gasteiger partial charge in [0.05, 0.1) is 25.0 Å². The van der Waals surface area contributed by atoms with Gasteiger partial charge in [0, 0.05) is 0 Å². The van der Waals surface area contributed by atoms with Gasteiger partial charge in [0.25, 0.3) is 0 Å². The molecule has 1 aliphatic carbocycles. The van der Waals surface area contributed by atoms with E-state index in [2.05, 4.69) is 13.8 Å². The summed E-state index contributed by atoms with van der Waals surface area (Å²) in [7, 11) is 0. The molecular weight excluding hydrogens is 268 g/mol. The van der Waals surface area contributed by atoms with E-state index in [4.69, 9.17) is 9.47 Å². The summed E-state index contributed by atoms with van der Waals surface area (Å²) in [6, 6.07) is 0. The Hall–Kier alpha value is -1.06. The molecule has 0 N–H and O–H groups in total. The molecule has 4 atom stereocenters. The lowest BCUT2D eigenvalue weighted by Crippen LogP contribution is -2.39. The van der Waals surface area contributed by atoms with E-state index in [1.54, 1.807) is 0 Å². The summed E-state index contributed by atoms with van der Waals surface area (Å²) in [6.45, 7) is 8.89. The fourth-order valence-electron chi connectivity index (χ4n) is 3.18. The molecule has 4 unspecified atom stereocenters. The van der Waals surface area contributed by atoms with E-state index in [0.717, 1.165) is 32.1 Å². The van der Waals surface area contributed by atoms with Gasteiger partial charge in [-0.15, -0.1) is 0 Å². The molecule has 0 saturated heterocycles. The highest BCUT2D eigenvalue weighted by atomic mass is 16.5. The first-order valence-corrected chi connectivity index (χ1v) is 8.36. The van der Waals surface area contributed by atoms with Crippen molar-refractivity contribution in [2.24, 2.45) is 23.7 Å². The molecule has 1 fully saturated rings. The largest absolute Gasteiger partial charge is 0.465 e. The smallest absolute Gasteiger partial charge is 0.310 e. The minimum absolute atomic E-state index is 0.165. The van der Waals surface area contributed by atoms with Crippen LogP contribution in [0.3, 0.4) is 0 Å². The molecule has 0 aliphatic heterocycles. The number of hydrogen-bond donors (Lipinski definition) is 0. The number of esters is 2. The summed E-state index contributed by atoms with van der Waals surface area (Å²) >= 11 is 0. The maximum absolute atomic E-state index is 12.4. The Labute approximate surface area is 128 Å². The zero-order valence-electron chi connectivity index (χ0n) is 13.9. The van der Waals surface area contributed by atoms with E-state index in [1.165, 1.54) is 0 Å². The average molecular weight is 298 g/mol. The first-order valence-electron chi connectivity index (χ1n) is 8.36. The fourth-order valence-corrected chi connectivity index (χ4v) is 3.18. The molecule has 0 heterocycles. The van der Waals surface area contributed by atoms with Crippen LogP contribution in [-0.2, 0) is 19.1 Å². The third kappa shape index (κ3) is 5.01. The molecule has 0 bridgehead atoms. The van der Waals surface area contributed by atoms with Crippen LogP contribution in [0.4, 0.5) is 0 Å². The van der Waals surface area contributed by atoms with E-state index in [1.807, 2.05) is 13.8 Å². The third-order valence-electron chi connectivity index (χ3n) is 4.37. The molecule has 1 saturated carbocycles. The highest BCUT2D eigenvalue weighted by Gasteiger charge is 2.44. The van der Waals surface area contributed by atoms with Gasteiger partial charge in [0.1, 0.15) is 0 Å². The summed E-state index contributed by atoms with van der Waals surface area (Å²) in [5, 5.41) is 0. The predicted molar refractivity (Wildman–Crippen MR) is 81.7 cm³/mol. The lowest BCUT2D eigenvalue weighted by molar-refractivity contribution is -0.165. The molecule has 0 radical (unpaired) electrons. The maximum Gasteiger partial charge on any atom is 0.310 e. The Balaban J connectivity index is 2.91. The first kappa shape index (κ1) is 18.0. The monoisotopic (exact) mass is 298 g/mol. The Bertz CT molecular complexity index is 308. The van der Waals surface area contributed by atoms with Crippen LogP contribution >= 0.6 is 0 Å². The lowest BCUT2D eigenvalue weighted by Gasteiger charge is -2.29. The molecule has 122 valence electrons. The highest BCUT2D eigenvalue weighted by molar-refractivity contribution is 5.82. The van der Waals surface area contributed by atoms with Crippen molar-refractivity contribution in [1.29, 1.82) is 0 Å². The molecule has 0 aromatic heterocycles. The van der Waals surface area contributed by atoms with Gasteiger partial charge < -0.3 is 9.47 Å². The van der Waals surface area contributed by atoms with Crippen molar-refractivity contribution >= 4 is 11.9 Å². The Morgan fingerprint density at radius 1 is 0.857 bits per heavy atom. The van der Waals surface area contributed by atoms with E-state index in [9.17, 15) is 9.59 Å². The summed E-state index contributed by atoms with van der Waals surface area (Å²) in [5.41, 5.74) is 0. The van der Waals surface area contributed by atoms with Crippen LogP contribution in [-0.4, -0.2) is 25.2 Å². The molecule has 4 heteroatoms. The van der Waals surface area contributed by atoms with Gasteiger partial charge in [-0.25, -0.2) is 0 Å². The molecular formula is C17H30O4.